The quantitative estimate of drug-likeness (QED) is 0.566. The SMILES string of the molecule is CC[C@@H](C)c1ccccc1NC(=O)[C@@H](C)Sc1nnc(-c2ccoc2C)n1C. The molecule has 3 rings (SSSR count). The molecule has 6 nitrogen and oxygen atoms in total. The summed E-state index contributed by atoms with van der Waals surface area (Å²) >= 11 is 1.39. The van der Waals surface area contributed by atoms with Gasteiger partial charge in [-0.2, -0.15) is 0 Å². The number of aromatic nitrogens is 3. The van der Waals surface area contributed by atoms with Gasteiger partial charge in [0, 0.05) is 12.7 Å². The van der Waals surface area contributed by atoms with Crippen molar-refractivity contribution < 1.29 is 9.21 Å². The van der Waals surface area contributed by atoms with Gasteiger partial charge in [-0.05, 0) is 43.9 Å². The number of furan rings is 1. The van der Waals surface area contributed by atoms with Gasteiger partial charge in [0.05, 0.1) is 17.1 Å². The maximum absolute atomic E-state index is 12.8. The normalized spacial score (nSPS) is 13.3. The summed E-state index contributed by atoms with van der Waals surface area (Å²) in [6.07, 6.45) is 2.66. The van der Waals surface area contributed by atoms with Gasteiger partial charge in [0.15, 0.2) is 11.0 Å². The smallest absolute Gasteiger partial charge is 0.237 e. The van der Waals surface area contributed by atoms with E-state index in [1.807, 2.05) is 49.7 Å². The van der Waals surface area contributed by atoms with Crippen LogP contribution in [0.5, 0.6) is 0 Å². The number of rotatable bonds is 7. The first kappa shape index (κ1) is 20.2. The van der Waals surface area contributed by atoms with E-state index >= 15 is 0 Å². The van der Waals surface area contributed by atoms with Crippen molar-refractivity contribution in [3.63, 3.8) is 0 Å². The highest BCUT2D eigenvalue weighted by Crippen LogP contribution is 2.30. The summed E-state index contributed by atoms with van der Waals surface area (Å²) in [5.41, 5.74) is 2.94. The van der Waals surface area contributed by atoms with Gasteiger partial charge >= 0.3 is 0 Å². The fraction of sp³-hybridized carbons (Fsp3) is 0.381. The Labute approximate surface area is 169 Å². The van der Waals surface area contributed by atoms with Crippen LogP contribution in [0, 0.1) is 6.92 Å². The van der Waals surface area contributed by atoms with Gasteiger partial charge in [-0.3, -0.25) is 4.79 Å². The molecule has 0 fully saturated rings. The minimum Gasteiger partial charge on any atom is -0.469 e. The summed E-state index contributed by atoms with van der Waals surface area (Å²) in [4.78, 5) is 12.8. The lowest BCUT2D eigenvalue weighted by atomic mass is 9.97. The lowest BCUT2D eigenvalue weighted by Gasteiger charge is -2.17. The Bertz CT molecular complexity index is 963. The van der Waals surface area contributed by atoms with E-state index in [9.17, 15) is 4.79 Å². The van der Waals surface area contributed by atoms with Crippen molar-refractivity contribution in [1.29, 1.82) is 0 Å². The van der Waals surface area contributed by atoms with Crippen molar-refractivity contribution in [2.24, 2.45) is 7.05 Å². The van der Waals surface area contributed by atoms with Gasteiger partial charge in [-0.15, -0.1) is 10.2 Å². The van der Waals surface area contributed by atoms with E-state index < -0.39 is 0 Å². The third kappa shape index (κ3) is 4.14. The summed E-state index contributed by atoms with van der Waals surface area (Å²) in [6, 6.07) is 9.86. The van der Waals surface area contributed by atoms with Gasteiger partial charge in [0.25, 0.3) is 0 Å². The van der Waals surface area contributed by atoms with Crippen LogP contribution in [0.4, 0.5) is 5.69 Å². The first-order valence-corrected chi connectivity index (χ1v) is 10.3. The summed E-state index contributed by atoms with van der Waals surface area (Å²) in [7, 11) is 1.90. The zero-order valence-electron chi connectivity index (χ0n) is 16.9. The number of aryl methyl sites for hydroxylation is 1. The third-order valence-corrected chi connectivity index (χ3v) is 6.08. The average Bonchev–Trinajstić information content (AvgIpc) is 3.27. The van der Waals surface area contributed by atoms with Gasteiger partial charge < -0.3 is 14.3 Å². The highest BCUT2D eigenvalue weighted by Gasteiger charge is 2.21. The van der Waals surface area contributed by atoms with Crippen LogP contribution in [-0.4, -0.2) is 25.9 Å². The van der Waals surface area contributed by atoms with E-state index in [4.69, 9.17) is 4.42 Å². The second-order valence-electron chi connectivity index (χ2n) is 6.90. The molecule has 1 aromatic carbocycles. The van der Waals surface area contributed by atoms with E-state index in [2.05, 4.69) is 35.4 Å². The van der Waals surface area contributed by atoms with Gasteiger partial charge in [0.1, 0.15) is 5.76 Å². The molecule has 0 spiro atoms. The molecule has 3 aromatic rings. The predicted molar refractivity (Wildman–Crippen MR) is 113 cm³/mol. The highest BCUT2D eigenvalue weighted by atomic mass is 32.2. The average molecular weight is 399 g/mol. The topological polar surface area (TPSA) is 73.0 Å². The second-order valence-corrected chi connectivity index (χ2v) is 8.21. The molecule has 0 aliphatic carbocycles. The summed E-state index contributed by atoms with van der Waals surface area (Å²) < 4.78 is 7.24. The summed E-state index contributed by atoms with van der Waals surface area (Å²) in [6.45, 7) is 8.09. The summed E-state index contributed by atoms with van der Waals surface area (Å²) in [5, 5.41) is 12.0. The molecule has 0 unspecified atom stereocenters. The maximum atomic E-state index is 12.8. The van der Waals surface area contributed by atoms with Crippen LogP contribution in [0.2, 0.25) is 0 Å². The molecule has 1 N–H and O–H groups in total. The Morgan fingerprint density at radius 1 is 1.25 bits per heavy atom. The van der Waals surface area contributed by atoms with E-state index in [-0.39, 0.29) is 11.2 Å². The molecular weight excluding hydrogens is 372 g/mol. The Kier molecular flexibility index (Phi) is 6.24. The molecule has 0 bridgehead atoms. The molecule has 2 aromatic heterocycles. The maximum Gasteiger partial charge on any atom is 0.237 e. The number of amides is 1. The highest BCUT2D eigenvalue weighted by molar-refractivity contribution is 8.00. The van der Waals surface area contributed by atoms with Crippen molar-refractivity contribution in [1.82, 2.24) is 14.8 Å². The molecule has 7 heteroatoms. The van der Waals surface area contributed by atoms with E-state index in [0.717, 1.165) is 34.8 Å². The Morgan fingerprint density at radius 3 is 2.68 bits per heavy atom. The number of para-hydroxylation sites is 1. The van der Waals surface area contributed by atoms with Crippen molar-refractivity contribution in [2.45, 2.75) is 50.4 Å². The minimum atomic E-state index is -0.314. The van der Waals surface area contributed by atoms with Crippen LogP contribution in [-0.2, 0) is 11.8 Å². The number of thioether (sulfide) groups is 1. The zero-order chi connectivity index (χ0) is 20.3. The second kappa shape index (κ2) is 8.65. The lowest BCUT2D eigenvalue weighted by molar-refractivity contribution is -0.115. The molecule has 0 radical (unpaired) electrons. The molecule has 28 heavy (non-hydrogen) atoms. The fourth-order valence-electron chi connectivity index (χ4n) is 2.98. The van der Waals surface area contributed by atoms with Crippen LogP contribution in [0.25, 0.3) is 11.4 Å². The number of anilines is 1. The standard InChI is InChI=1S/C21H26N4O2S/c1-6-13(2)16-9-7-8-10-18(16)22-20(26)15(4)28-21-24-23-19(25(21)5)17-11-12-27-14(17)3/h7-13,15H,6H2,1-5H3,(H,22,26)/t13-,15-/m1/s1. The number of hydrogen-bond donors (Lipinski definition) is 1. The van der Waals surface area contributed by atoms with Crippen LogP contribution in [0.15, 0.2) is 46.2 Å². The van der Waals surface area contributed by atoms with E-state index in [0.29, 0.717) is 11.1 Å². The molecule has 0 saturated heterocycles. The number of nitrogens with one attached hydrogen (secondary N) is 1. The van der Waals surface area contributed by atoms with Gasteiger partial charge in [-0.1, -0.05) is 43.8 Å². The molecular formula is C21H26N4O2S. The van der Waals surface area contributed by atoms with Crippen molar-refractivity contribution in [3.8, 4) is 11.4 Å². The third-order valence-electron chi connectivity index (χ3n) is 4.95. The Balaban J connectivity index is 1.72. The van der Waals surface area contributed by atoms with Crippen molar-refractivity contribution >= 4 is 23.4 Å². The molecule has 0 saturated carbocycles. The number of benzene rings is 1. The first-order chi connectivity index (χ1) is 13.4. The molecule has 0 aliphatic rings. The lowest BCUT2D eigenvalue weighted by Crippen LogP contribution is -2.23. The van der Waals surface area contributed by atoms with E-state index in [1.165, 1.54) is 11.8 Å². The molecule has 2 atom stereocenters. The van der Waals surface area contributed by atoms with Crippen molar-refractivity contribution in [3.05, 3.63) is 47.9 Å². The number of carbonyl (C=O) groups excluding carboxylic acids is 1. The Hall–Kier alpha value is -2.54. The van der Waals surface area contributed by atoms with Crippen LogP contribution < -0.4 is 5.32 Å². The predicted octanol–water partition coefficient (Wildman–Crippen LogP) is 5.02. The first-order valence-electron chi connectivity index (χ1n) is 9.42. The fourth-order valence-corrected chi connectivity index (χ4v) is 3.79. The minimum absolute atomic E-state index is 0.0511. The Morgan fingerprint density at radius 2 is 2.00 bits per heavy atom. The van der Waals surface area contributed by atoms with Gasteiger partial charge in [0.2, 0.25) is 5.91 Å². The van der Waals surface area contributed by atoms with Gasteiger partial charge in [-0.25, -0.2) is 0 Å². The molecule has 1 amide bonds. The van der Waals surface area contributed by atoms with E-state index in [1.54, 1.807) is 6.26 Å². The molecule has 148 valence electrons. The van der Waals surface area contributed by atoms with Crippen LogP contribution >= 0.6 is 11.8 Å². The van der Waals surface area contributed by atoms with Crippen molar-refractivity contribution in [2.75, 3.05) is 5.32 Å². The van der Waals surface area contributed by atoms with Crippen LogP contribution in [0.3, 0.4) is 0 Å². The monoisotopic (exact) mass is 398 g/mol. The largest absolute Gasteiger partial charge is 0.469 e. The zero-order valence-corrected chi connectivity index (χ0v) is 17.7. The summed E-state index contributed by atoms with van der Waals surface area (Å²) in [5.74, 6) is 1.85. The van der Waals surface area contributed by atoms with Crippen LogP contribution in [0.1, 0.15) is 44.4 Å². The molecule has 0 aliphatic heterocycles. The number of hydrogen-bond acceptors (Lipinski definition) is 5. The number of nitrogens with zero attached hydrogens (tertiary/aromatic N) is 3. The number of carbonyl (C=O) groups is 1. The molecule has 2 heterocycles.